The number of carbonyl (C=O) groups is 1. The van der Waals surface area contributed by atoms with Crippen LogP contribution in [0.1, 0.15) is 36.2 Å². The Morgan fingerprint density at radius 1 is 1.38 bits per heavy atom. The second kappa shape index (κ2) is 6.94. The molecule has 0 aromatic heterocycles. The molecule has 0 radical (unpaired) electrons. The van der Waals surface area contributed by atoms with Crippen molar-refractivity contribution >= 4 is 11.6 Å². The molecule has 1 atom stereocenters. The number of likely N-dealkylation sites (N-methyl/N-ethyl adjacent to an activating group) is 1. The van der Waals surface area contributed by atoms with E-state index in [0.717, 1.165) is 49.4 Å². The number of amides is 1. The van der Waals surface area contributed by atoms with Crippen LogP contribution < -0.4 is 5.32 Å². The van der Waals surface area contributed by atoms with Crippen LogP contribution in [0.4, 0.5) is 5.69 Å². The molecular weight excluding hydrogens is 262 g/mol. The number of hydrogen-bond donors (Lipinski definition) is 1. The van der Waals surface area contributed by atoms with E-state index >= 15 is 0 Å². The van der Waals surface area contributed by atoms with Gasteiger partial charge >= 0.3 is 0 Å². The van der Waals surface area contributed by atoms with Crippen LogP contribution in [0.25, 0.3) is 0 Å². The maximum absolute atomic E-state index is 12.9. The second-order valence-electron chi connectivity index (χ2n) is 6.09. The molecule has 4 nitrogen and oxygen atoms in total. The van der Waals surface area contributed by atoms with E-state index in [0.29, 0.717) is 0 Å². The highest BCUT2D eigenvalue weighted by molar-refractivity contribution is 6.00. The average Bonchev–Trinajstić information content (AvgIpc) is 2.45. The predicted octanol–water partition coefficient (Wildman–Crippen LogP) is 2.59. The van der Waals surface area contributed by atoms with Gasteiger partial charge in [-0.1, -0.05) is 18.6 Å². The fourth-order valence-corrected chi connectivity index (χ4v) is 2.85. The zero-order valence-corrected chi connectivity index (χ0v) is 13.6. The van der Waals surface area contributed by atoms with E-state index in [4.69, 9.17) is 0 Å². The number of carbonyl (C=O) groups excluding carboxylic acids is 1. The number of anilines is 1. The molecule has 0 saturated carbocycles. The summed E-state index contributed by atoms with van der Waals surface area (Å²) >= 11 is 0. The van der Waals surface area contributed by atoms with E-state index in [1.807, 2.05) is 24.0 Å². The van der Waals surface area contributed by atoms with Gasteiger partial charge in [0.1, 0.15) is 0 Å². The predicted molar refractivity (Wildman–Crippen MR) is 88.0 cm³/mol. The summed E-state index contributed by atoms with van der Waals surface area (Å²) in [4.78, 5) is 17.2. The molecule has 1 heterocycles. The van der Waals surface area contributed by atoms with Gasteiger partial charge in [-0.2, -0.15) is 0 Å². The number of nitrogens with zero attached hydrogens (tertiary/aromatic N) is 2. The SMILES string of the molecule is CCCNc1ccc(C)cc1C(=O)N1CCN(C)CC1C. The van der Waals surface area contributed by atoms with Crippen molar-refractivity contribution in [1.29, 1.82) is 0 Å². The van der Waals surface area contributed by atoms with Crippen LogP contribution >= 0.6 is 0 Å². The summed E-state index contributed by atoms with van der Waals surface area (Å²) < 4.78 is 0. The maximum Gasteiger partial charge on any atom is 0.256 e. The summed E-state index contributed by atoms with van der Waals surface area (Å²) in [6, 6.07) is 6.35. The molecule has 1 aliphatic rings. The molecule has 1 unspecified atom stereocenters. The fraction of sp³-hybridized carbons (Fsp3) is 0.588. The first kappa shape index (κ1) is 15.8. The summed E-state index contributed by atoms with van der Waals surface area (Å²) in [6.45, 7) is 9.87. The van der Waals surface area contributed by atoms with Crippen molar-refractivity contribution in [1.82, 2.24) is 9.80 Å². The molecule has 1 aromatic carbocycles. The molecule has 1 aliphatic heterocycles. The molecule has 1 aromatic rings. The third kappa shape index (κ3) is 3.76. The van der Waals surface area contributed by atoms with Gasteiger partial charge in [-0.05, 0) is 39.4 Å². The smallest absolute Gasteiger partial charge is 0.256 e. The quantitative estimate of drug-likeness (QED) is 0.925. The van der Waals surface area contributed by atoms with Crippen LogP contribution in [0, 0.1) is 6.92 Å². The molecule has 1 fully saturated rings. The summed E-state index contributed by atoms with van der Waals surface area (Å²) in [7, 11) is 2.11. The lowest BCUT2D eigenvalue weighted by Crippen LogP contribution is -2.52. The molecule has 2 rings (SSSR count). The highest BCUT2D eigenvalue weighted by atomic mass is 16.2. The summed E-state index contributed by atoms with van der Waals surface area (Å²) in [5, 5.41) is 3.38. The molecule has 1 N–H and O–H groups in total. The van der Waals surface area contributed by atoms with Crippen molar-refractivity contribution in [3.8, 4) is 0 Å². The van der Waals surface area contributed by atoms with Crippen molar-refractivity contribution < 1.29 is 4.79 Å². The molecule has 0 bridgehead atoms. The van der Waals surface area contributed by atoms with E-state index in [-0.39, 0.29) is 11.9 Å². The number of aryl methyl sites for hydroxylation is 1. The summed E-state index contributed by atoms with van der Waals surface area (Å²) in [6.07, 6.45) is 1.05. The molecule has 116 valence electrons. The lowest BCUT2D eigenvalue weighted by Gasteiger charge is -2.38. The van der Waals surface area contributed by atoms with Crippen LogP contribution in [0.15, 0.2) is 18.2 Å². The molecule has 1 amide bonds. The largest absolute Gasteiger partial charge is 0.384 e. The Labute approximate surface area is 128 Å². The van der Waals surface area contributed by atoms with Gasteiger partial charge < -0.3 is 15.1 Å². The Bertz CT molecular complexity index is 501. The maximum atomic E-state index is 12.9. The van der Waals surface area contributed by atoms with Gasteiger partial charge in [-0.15, -0.1) is 0 Å². The Kier molecular flexibility index (Phi) is 5.23. The van der Waals surface area contributed by atoms with Gasteiger partial charge in [0.2, 0.25) is 0 Å². The van der Waals surface area contributed by atoms with E-state index in [2.05, 4.69) is 37.2 Å². The Morgan fingerprint density at radius 2 is 2.14 bits per heavy atom. The first-order chi connectivity index (χ1) is 10.0. The van der Waals surface area contributed by atoms with E-state index in [1.54, 1.807) is 0 Å². The molecule has 4 heteroatoms. The minimum Gasteiger partial charge on any atom is -0.384 e. The number of nitrogens with one attached hydrogen (secondary N) is 1. The average molecular weight is 289 g/mol. The van der Waals surface area contributed by atoms with Crippen LogP contribution in [-0.4, -0.2) is 55.0 Å². The highest BCUT2D eigenvalue weighted by Crippen LogP contribution is 2.22. The first-order valence-electron chi connectivity index (χ1n) is 7.87. The van der Waals surface area contributed by atoms with Crippen molar-refractivity contribution in [3.05, 3.63) is 29.3 Å². The molecule has 0 aliphatic carbocycles. The minimum atomic E-state index is 0.151. The standard InChI is InChI=1S/C17H27N3O/c1-5-8-18-16-7-6-13(2)11-15(16)17(21)20-10-9-19(4)12-14(20)3/h6-7,11,14,18H,5,8-10,12H2,1-4H3. The summed E-state index contributed by atoms with van der Waals surface area (Å²) in [5.74, 6) is 0.151. The van der Waals surface area contributed by atoms with Crippen molar-refractivity contribution in [2.75, 3.05) is 38.5 Å². The number of piperazine rings is 1. The van der Waals surface area contributed by atoms with Gasteiger partial charge in [-0.3, -0.25) is 4.79 Å². The molecule has 0 spiro atoms. The van der Waals surface area contributed by atoms with Gasteiger partial charge in [0.25, 0.3) is 5.91 Å². The van der Waals surface area contributed by atoms with Gasteiger partial charge in [-0.25, -0.2) is 0 Å². The van der Waals surface area contributed by atoms with Crippen LogP contribution in [-0.2, 0) is 0 Å². The monoisotopic (exact) mass is 289 g/mol. The topological polar surface area (TPSA) is 35.6 Å². The zero-order valence-electron chi connectivity index (χ0n) is 13.6. The van der Waals surface area contributed by atoms with Crippen molar-refractivity contribution in [3.63, 3.8) is 0 Å². The molecule has 1 saturated heterocycles. The fourth-order valence-electron chi connectivity index (χ4n) is 2.85. The van der Waals surface area contributed by atoms with Gasteiger partial charge in [0.15, 0.2) is 0 Å². The third-order valence-electron chi connectivity index (χ3n) is 4.06. The zero-order chi connectivity index (χ0) is 15.4. The Morgan fingerprint density at radius 3 is 2.81 bits per heavy atom. The van der Waals surface area contributed by atoms with Crippen LogP contribution in [0.2, 0.25) is 0 Å². The minimum absolute atomic E-state index is 0.151. The van der Waals surface area contributed by atoms with E-state index in [9.17, 15) is 4.79 Å². The molecular formula is C17H27N3O. The van der Waals surface area contributed by atoms with Crippen LogP contribution in [0.5, 0.6) is 0 Å². The number of rotatable bonds is 4. The van der Waals surface area contributed by atoms with Gasteiger partial charge in [0.05, 0.1) is 5.56 Å². The van der Waals surface area contributed by atoms with E-state index in [1.165, 1.54) is 0 Å². The normalized spacial score (nSPS) is 19.6. The number of benzene rings is 1. The van der Waals surface area contributed by atoms with Crippen molar-refractivity contribution in [2.24, 2.45) is 0 Å². The Balaban J connectivity index is 2.23. The third-order valence-corrected chi connectivity index (χ3v) is 4.06. The molecule has 21 heavy (non-hydrogen) atoms. The highest BCUT2D eigenvalue weighted by Gasteiger charge is 2.27. The van der Waals surface area contributed by atoms with Crippen LogP contribution in [0.3, 0.4) is 0 Å². The lowest BCUT2D eigenvalue weighted by atomic mass is 10.1. The first-order valence-corrected chi connectivity index (χ1v) is 7.87. The Hall–Kier alpha value is -1.55. The van der Waals surface area contributed by atoms with Gasteiger partial charge in [0, 0.05) is 37.9 Å². The second-order valence-corrected chi connectivity index (χ2v) is 6.09. The number of hydrogen-bond acceptors (Lipinski definition) is 3. The lowest BCUT2D eigenvalue weighted by molar-refractivity contribution is 0.0534. The van der Waals surface area contributed by atoms with E-state index < -0.39 is 0 Å². The van der Waals surface area contributed by atoms with Crippen molar-refractivity contribution in [2.45, 2.75) is 33.2 Å². The summed E-state index contributed by atoms with van der Waals surface area (Å²) in [5.41, 5.74) is 2.89.